The van der Waals surface area contributed by atoms with Crippen molar-refractivity contribution in [2.45, 2.75) is 5.16 Å². The molecule has 0 aliphatic heterocycles. The Hall–Kier alpha value is -0.150. The van der Waals surface area contributed by atoms with Gasteiger partial charge in [-0.1, -0.05) is 0 Å². The van der Waals surface area contributed by atoms with E-state index in [1.165, 1.54) is 0 Å². The maximum atomic E-state index is 5.41. The lowest BCUT2D eigenvalue weighted by Crippen LogP contribution is -1.84. The van der Waals surface area contributed by atoms with E-state index in [0.717, 1.165) is 16.1 Å². The standard InChI is InChI=1S/C4H5ClN2S/c1-7-3-2-6-4(7)8-5/h2-3H,1H3. The summed E-state index contributed by atoms with van der Waals surface area (Å²) in [5.74, 6) is 0. The number of imidazole rings is 1. The summed E-state index contributed by atoms with van der Waals surface area (Å²) in [6.07, 6.45) is 3.56. The van der Waals surface area contributed by atoms with E-state index in [9.17, 15) is 0 Å². The Kier molecular flexibility index (Phi) is 1.81. The van der Waals surface area contributed by atoms with E-state index in [4.69, 9.17) is 10.7 Å². The molecule has 0 saturated heterocycles. The smallest absolute Gasteiger partial charge is 0.183 e. The number of hydrogen-bond acceptors (Lipinski definition) is 2. The topological polar surface area (TPSA) is 17.8 Å². The third-order valence-corrected chi connectivity index (χ3v) is 1.79. The zero-order valence-electron chi connectivity index (χ0n) is 4.34. The summed E-state index contributed by atoms with van der Waals surface area (Å²) in [5, 5.41) is 0.826. The first kappa shape index (κ1) is 5.98. The Bertz CT molecular complexity index is 174. The molecule has 0 amide bonds. The fourth-order valence-electron chi connectivity index (χ4n) is 0.426. The monoisotopic (exact) mass is 148 g/mol. The minimum absolute atomic E-state index is 0.826. The van der Waals surface area contributed by atoms with Crippen LogP contribution in [0.15, 0.2) is 17.6 Å². The Labute approximate surface area is 56.4 Å². The molecule has 44 valence electrons. The summed E-state index contributed by atoms with van der Waals surface area (Å²) < 4.78 is 1.86. The average molecular weight is 149 g/mol. The normalized spacial score (nSPS) is 9.75. The van der Waals surface area contributed by atoms with Crippen LogP contribution in [0.2, 0.25) is 0 Å². The third-order valence-electron chi connectivity index (χ3n) is 0.846. The molecule has 0 fully saturated rings. The van der Waals surface area contributed by atoms with Gasteiger partial charge in [0.2, 0.25) is 0 Å². The molecule has 0 saturated carbocycles. The molecular formula is C4H5ClN2S. The minimum atomic E-state index is 0.826. The molecule has 0 N–H and O–H groups in total. The minimum Gasteiger partial charge on any atom is -0.328 e. The van der Waals surface area contributed by atoms with Crippen molar-refractivity contribution < 1.29 is 0 Å². The van der Waals surface area contributed by atoms with E-state index in [1.807, 2.05) is 17.8 Å². The van der Waals surface area contributed by atoms with Crippen molar-refractivity contribution in [3.05, 3.63) is 12.4 Å². The number of aryl methyl sites for hydroxylation is 1. The predicted octanol–water partition coefficient (Wildman–Crippen LogP) is 1.67. The molecule has 1 aromatic heterocycles. The van der Waals surface area contributed by atoms with Gasteiger partial charge in [-0.3, -0.25) is 0 Å². The van der Waals surface area contributed by atoms with Gasteiger partial charge in [0.05, 0.1) is 0 Å². The number of nitrogens with zero attached hydrogens (tertiary/aromatic N) is 2. The van der Waals surface area contributed by atoms with Crippen molar-refractivity contribution in [1.29, 1.82) is 0 Å². The maximum Gasteiger partial charge on any atom is 0.183 e. The lowest BCUT2D eigenvalue weighted by molar-refractivity contribution is 0.793. The van der Waals surface area contributed by atoms with Gasteiger partial charge < -0.3 is 4.57 Å². The Morgan fingerprint density at radius 1 is 1.88 bits per heavy atom. The van der Waals surface area contributed by atoms with Crippen molar-refractivity contribution in [3.8, 4) is 0 Å². The van der Waals surface area contributed by atoms with Crippen LogP contribution in [0.3, 0.4) is 0 Å². The molecule has 1 heterocycles. The highest BCUT2D eigenvalue weighted by atomic mass is 35.7. The molecule has 0 aliphatic rings. The largest absolute Gasteiger partial charge is 0.328 e. The first-order chi connectivity index (χ1) is 3.84. The third kappa shape index (κ3) is 0.980. The average Bonchev–Trinajstić information content (AvgIpc) is 2.14. The molecular weight excluding hydrogens is 144 g/mol. The number of rotatable bonds is 1. The first-order valence-electron chi connectivity index (χ1n) is 2.10. The quantitative estimate of drug-likeness (QED) is 0.603. The van der Waals surface area contributed by atoms with Crippen LogP contribution in [0.5, 0.6) is 0 Å². The Morgan fingerprint density at radius 2 is 2.62 bits per heavy atom. The summed E-state index contributed by atoms with van der Waals surface area (Å²) in [6.45, 7) is 0. The second kappa shape index (κ2) is 2.42. The van der Waals surface area contributed by atoms with Gasteiger partial charge in [-0.2, -0.15) is 0 Å². The summed E-state index contributed by atoms with van der Waals surface area (Å²) in [5.41, 5.74) is 0. The Morgan fingerprint density at radius 3 is 2.88 bits per heavy atom. The zero-order chi connectivity index (χ0) is 5.98. The van der Waals surface area contributed by atoms with Crippen LogP contribution in [-0.2, 0) is 7.05 Å². The second-order valence-electron chi connectivity index (χ2n) is 1.40. The van der Waals surface area contributed by atoms with Crippen LogP contribution in [0.25, 0.3) is 0 Å². The van der Waals surface area contributed by atoms with Crippen molar-refractivity contribution in [2.24, 2.45) is 7.05 Å². The van der Waals surface area contributed by atoms with Gasteiger partial charge in [0, 0.05) is 30.4 Å². The van der Waals surface area contributed by atoms with Gasteiger partial charge in [0.25, 0.3) is 0 Å². The molecule has 0 bridgehead atoms. The summed E-state index contributed by atoms with van der Waals surface area (Å²) in [4.78, 5) is 3.93. The molecule has 0 aliphatic carbocycles. The van der Waals surface area contributed by atoms with Crippen molar-refractivity contribution in [1.82, 2.24) is 9.55 Å². The molecule has 2 nitrogen and oxygen atoms in total. The van der Waals surface area contributed by atoms with Gasteiger partial charge in [-0.05, 0) is 10.7 Å². The number of aromatic nitrogens is 2. The van der Waals surface area contributed by atoms with Gasteiger partial charge in [0.15, 0.2) is 5.16 Å². The fraction of sp³-hybridized carbons (Fsp3) is 0.250. The molecule has 0 aromatic carbocycles. The van der Waals surface area contributed by atoms with Crippen molar-refractivity contribution in [2.75, 3.05) is 0 Å². The lowest BCUT2D eigenvalue weighted by atomic mass is 10.9. The van der Waals surface area contributed by atoms with E-state index in [-0.39, 0.29) is 0 Å². The molecule has 8 heavy (non-hydrogen) atoms. The SMILES string of the molecule is Cn1ccnc1SCl. The van der Waals surface area contributed by atoms with Gasteiger partial charge >= 0.3 is 0 Å². The number of hydrogen-bond donors (Lipinski definition) is 0. The summed E-state index contributed by atoms with van der Waals surface area (Å²) in [6, 6.07) is 0. The molecule has 0 radical (unpaired) electrons. The van der Waals surface area contributed by atoms with Gasteiger partial charge in [-0.15, -0.1) is 0 Å². The van der Waals surface area contributed by atoms with E-state index in [1.54, 1.807) is 6.20 Å². The zero-order valence-corrected chi connectivity index (χ0v) is 5.91. The molecule has 1 aromatic rings. The summed E-state index contributed by atoms with van der Waals surface area (Å²) in [7, 11) is 8.43. The van der Waals surface area contributed by atoms with Crippen LogP contribution in [0.4, 0.5) is 0 Å². The molecule has 1 rings (SSSR count). The highest BCUT2D eigenvalue weighted by Gasteiger charge is 1.93. The van der Waals surface area contributed by atoms with E-state index in [0.29, 0.717) is 0 Å². The van der Waals surface area contributed by atoms with Crippen molar-refractivity contribution >= 4 is 21.7 Å². The van der Waals surface area contributed by atoms with Crippen LogP contribution >= 0.6 is 21.7 Å². The molecule has 0 unspecified atom stereocenters. The van der Waals surface area contributed by atoms with E-state index >= 15 is 0 Å². The van der Waals surface area contributed by atoms with Crippen LogP contribution < -0.4 is 0 Å². The highest BCUT2D eigenvalue weighted by Crippen LogP contribution is 2.17. The summed E-state index contributed by atoms with van der Waals surface area (Å²) >= 11 is 0. The van der Waals surface area contributed by atoms with Crippen LogP contribution in [0.1, 0.15) is 0 Å². The fourth-order valence-corrected chi connectivity index (χ4v) is 1.14. The van der Waals surface area contributed by atoms with Crippen LogP contribution in [0, 0.1) is 0 Å². The van der Waals surface area contributed by atoms with Crippen LogP contribution in [-0.4, -0.2) is 9.55 Å². The second-order valence-corrected chi connectivity index (χ2v) is 2.38. The van der Waals surface area contributed by atoms with Crippen molar-refractivity contribution in [3.63, 3.8) is 0 Å². The first-order valence-corrected chi connectivity index (χ1v) is 3.75. The lowest BCUT2D eigenvalue weighted by Gasteiger charge is -1.90. The van der Waals surface area contributed by atoms with E-state index < -0.39 is 0 Å². The number of halogens is 1. The Balaban J connectivity index is 2.92. The molecule has 0 atom stereocenters. The van der Waals surface area contributed by atoms with Gasteiger partial charge in [-0.25, -0.2) is 4.98 Å². The predicted molar refractivity (Wildman–Crippen MR) is 34.9 cm³/mol. The maximum absolute atomic E-state index is 5.41. The molecule has 4 heteroatoms. The van der Waals surface area contributed by atoms with E-state index in [2.05, 4.69) is 4.98 Å². The highest BCUT2D eigenvalue weighted by molar-refractivity contribution is 8.21. The molecule has 0 spiro atoms. The van der Waals surface area contributed by atoms with Gasteiger partial charge in [0.1, 0.15) is 0 Å².